The molecule has 1 saturated heterocycles. The average molecular weight is 374 g/mol. The van der Waals surface area contributed by atoms with Crippen LogP contribution in [0.3, 0.4) is 0 Å². The van der Waals surface area contributed by atoms with Gasteiger partial charge in [0.25, 0.3) is 5.56 Å². The molecule has 2 bridgehead atoms. The Morgan fingerprint density at radius 3 is 2.85 bits per heavy atom. The Bertz CT molecular complexity index is 952. The smallest absolute Gasteiger partial charge is 0.261 e. The predicted octanol–water partition coefficient (Wildman–Crippen LogP) is 3.48. The largest absolute Gasteiger partial charge is 0.338 e. The lowest BCUT2D eigenvalue weighted by molar-refractivity contribution is -0.133. The molecular weight excluding hydrogens is 350 g/mol. The number of benzene rings is 1. The van der Waals surface area contributed by atoms with Gasteiger partial charge in [-0.25, -0.2) is 4.98 Å². The number of aromatic nitrogens is 2. The molecule has 2 fully saturated rings. The number of likely N-dealkylation sites (tertiary alicyclic amines) is 1. The van der Waals surface area contributed by atoms with E-state index in [9.17, 15) is 9.59 Å². The molecular formula is C20H24ClN3O2. The highest BCUT2D eigenvalue weighted by Gasteiger charge is 2.50. The molecule has 4 rings (SSSR count). The van der Waals surface area contributed by atoms with E-state index in [1.165, 1.54) is 10.9 Å². The van der Waals surface area contributed by atoms with Gasteiger partial charge < -0.3 is 4.90 Å². The third-order valence-electron chi connectivity index (χ3n) is 5.83. The van der Waals surface area contributed by atoms with Crippen LogP contribution in [0.25, 0.3) is 10.9 Å². The maximum absolute atomic E-state index is 13.0. The minimum absolute atomic E-state index is 0.00158. The summed E-state index contributed by atoms with van der Waals surface area (Å²) < 4.78 is 1.40. The topological polar surface area (TPSA) is 55.2 Å². The summed E-state index contributed by atoms with van der Waals surface area (Å²) in [6, 6.07) is 5.31. The van der Waals surface area contributed by atoms with Crippen LogP contribution in [-0.4, -0.2) is 32.9 Å². The zero-order valence-corrected chi connectivity index (χ0v) is 16.2. The van der Waals surface area contributed by atoms with Gasteiger partial charge in [-0.3, -0.25) is 14.2 Å². The van der Waals surface area contributed by atoms with Crippen LogP contribution in [0.4, 0.5) is 0 Å². The number of fused-ring (bicyclic) bond motifs is 3. The second-order valence-electron chi connectivity index (χ2n) is 9.07. The molecule has 0 unspecified atom stereocenters. The van der Waals surface area contributed by atoms with Crippen molar-refractivity contribution in [1.82, 2.24) is 14.5 Å². The van der Waals surface area contributed by atoms with Crippen molar-refractivity contribution < 1.29 is 4.79 Å². The fourth-order valence-corrected chi connectivity index (χ4v) is 5.40. The Labute approximate surface area is 158 Å². The van der Waals surface area contributed by atoms with Crippen LogP contribution in [0.15, 0.2) is 29.3 Å². The Kier molecular flexibility index (Phi) is 3.92. The zero-order chi connectivity index (χ0) is 18.7. The van der Waals surface area contributed by atoms with Gasteiger partial charge in [-0.1, -0.05) is 32.4 Å². The summed E-state index contributed by atoms with van der Waals surface area (Å²) in [5.41, 5.74) is 0.807. The van der Waals surface area contributed by atoms with Gasteiger partial charge >= 0.3 is 0 Å². The third kappa shape index (κ3) is 3.02. The number of halogens is 1. The summed E-state index contributed by atoms with van der Waals surface area (Å²) in [7, 11) is 0. The van der Waals surface area contributed by atoms with Crippen molar-refractivity contribution in [3.63, 3.8) is 0 Å². The lowest BCUT2D eigenvalue weighted by Crippen LogP contribution is -2.40. The Hall–Kier alpha value is -1.88. The minimum atomic E-state index is -0.223. The summed E-state index contributed by atoms with van der Waals surface area (Å²) in [4.78, 5) is 32.0. The number of hydrogen-bond acceptors (Lipinski definition) is 3. The highest BCUT2D eigenvalue weighted by molar-refractivity contribution is 6.31. The molecule has 0 spiro atoms. The molecule has 1 aromatic heterocycles. The van der Waals surface area contributed by atoms with E-state index >= 15 is 0 Å². The molecule has 1 aromatic carbocycles. The molecule has 5 nitrogen and oxygen atoms in total. The van der Waals surface area contributed by atoms with E-state index in [2.05, 4.69) is 25.8 Å². The predicted molar refractivity (Wildman–Crippen MR) is 102 cm³/mol. The summed E-state index contributed by atoms with van der Waals surface area (Å²) in [5.74, 6) is 0.00158. The van der Waals surface area contributed by atoms with E-state index in [0.717, 1.165) is 25.8 Å². The first-order valence-electron chi connectivity index (χ1n) is 9.10. The Balaban J connectivity index is 1.60. The molecule has 2 aromatic rings. The van der Waals surface area contributed by atoms with Crippen molar-refractivity contribution in [3.05, 3.63) is 39.9 Å². The summed E-state index contributed by atoms with van der Waals surface area (Å²) in [6.07, 6.45) is 4.68. The zero-order valence-electron chi connectivity index (χ0n) is 15.5. The van der Waals surface area contributed by atoms with E-state index in [0.29, 0.717) is 15.9 Å². The van der Waals surface area contributed by atoms with Crippen LogP contribution in [0, 0.1) is 10.8 Å². The number of amides is 1. The van der Waals surface area contributed by atoms with Gasteiger partial charge in [-0.05, 0) is 48.3 Å². The second kappa shape index (κ2) is 5.81. The maximum Gasteiger partial charge on any atom is 0.261 e. The van der Waals surface area contributed by atoms with Crippen LogP contribution < -0.4 is 5.56 Å². The van der Waals surface area contributed by atoms with Crippen LogP contribution in [-0.2, 0) is 11.3 Å². The number of carbonyl (C=O) groups excluding carboxylic acids is 1. The number of rotatable bonds is 2. The van der Waals surface area contributed by atoms with E-state index in [4.69, 9.17) is 11.6 Å². The minimum Gasteiger partial charge on any atom is -0.338 e. The molecule has 138 valence electrons. The van der Waals surface area contributed by atoms with Crippen molar-refractivity contribution in [2.45, 2.75) is 52.6 Å². The lowest BCUT2D eigenvalue weighted by Gasteiger charge is -2.39. The highest BCUT2D eigenvalue weighted by Crippen LogP contribution is 2.52. The van der Waals surface area contributed by atoms with Crippen molar-refractivity contribution >= 4 is 28.4 Å². The molecule has 2 aliphatic rings. The van der Waals surface area contributed by atoms with Gasteiger partial charge in [0, 0.05) is 17.6 Å². The number of carbonyl (C=O) groups is 1. The van der Waals surface area contributed by atoms with Crippen LogP contribution in [0.1, 0.15) is 40.0 Å². The molecule has 26 heavy (non-hydrogen) atoms. The van der Waals surface area contributed by atoms with Gasteiger partial charge in [-0.15, -0.1) is 0 Å². The normalized spacial score (nSPS) is 27.1. The molecule has 6 heteroatoms. The fraction of sp³-hybridized carbons (Fsp3) is 0.550. The summed E-state index contributed by atoms with van der Waals surface area (Å²) in [6.45, 7) is 7.66. The van der Waals surface area contributed by atoms with Crippen molar-refractivity contribution in [3.8, 4) is 0 Å². The van der Waals surface area contributed by atoms with Crippen LogP contribution >= 0.6 is 11.6 Å². The van der Waals surface area contributed by atoms with E-state index in [-0.39, 0.29) is 34.9 Å². The van der Waals surface area contributed by atoms with Gasteiger partial charge in [0.1, 0.15) is 6.54 Å². The first kappa shape index (κ1) is 17.5. The standard InChI is InChI=1S/C20H24ClN3O2/c1-19(2)7-14-8-20(3,10-19)11-24(14)17(25)9-23-12-22-16-5-4-13(21)6-15(16)18(23)26/h4-6,12,14H,7-11H2,1-3H3/t14-,20-/m1/s1. The maximum atomic E-state index is 13.0. The molecule has 1 saturated carbocycles. The SMILES string of the molecule is CC1(C)C[C@@H]2C[C@@](C)(CN2C(=O)Cn2cnc3ccc(Cl)cc3c2=O)C1. The van der Waals surface area contributed by atoms with Gasteiger partial charge in [-0.2, -0.15) is 0 Å². The number of nitrogens with zero attached hydrogens (tertiary/aromatic N) is 3. The molecule has 0 radical (unpaired) electrons. The molecule has 2 atom stereocenters. The van der Waals surface area contributed by atoms with E-state index < -0.39 is 0 Å². The molecule has 1 amide bonds. The summed E-state index contributed by atoms with van der Waals surface area (Å²) in [5, 5.41) is 0.935. The van der Waals surface area contributed by atoms with E-state index in [1.807, 2.05) is 4.90 Å². The van der Waals surface area contributed by atoms with Gasteiger partial charge in [0.05, 0.1) is 17.2 Å². The lowest BCUT2D eigenvalue weighted by atomic mass is 9.65. The van der Waals surface area contributed by atoms with Gasteiger partial charge in [0.15, 0.2) is 0 Å². The Morgan fingerprint density at radius 1 is 1.31 bits per heavy atom. The van der Waals surface area contributed by atoms with E-state index in [1.54, 1.807) is 18.2 Å². The average Bonchev–Trinajstić information content (AvgIpc) is 2.79. The molecule has 1 aliphatic heterocycles. The molecule has 1 aliphatic carbocycles. The molecule has 0 N–H and O–H groups in total. The number of hydrogen-bond donors (Lipinski definition) is 0. The van der Waals surface area contributed by atoms with Crippen molar-refractivity contribution in [2.75, 3.05) is 6.54 Å². The second-order valence-corrected chi connectivity index (χ2v) is 9.51. The molecule has 2 heterocycles. The first-order valence-corrected chi connectivity index (χ1v) is 9.48. The van der Waals surface area contributed by atoms with Gasteiger partial charge in [0.2, 0.25) is 5.91 Å². The van der Waals surface area contributed by atoms with Crippen LogP contribution in [0.5, 0.6) is 0 Å². The van der Waals surface area contributed by atoms with Crippen molar-refractivity contribution in [1.29, 1.82) is 0 Å². The first-order chi connectivity index (χ1) is 12.2. The Morgan fingerprint density at radius 2 is 2.08 bits per heavy atom. The third-order valence-corrected chi connectivity index (χ3v) is 6.06. The fourth-order valence-electron chi connectivity index (χ4n) is 5.23. The monoisotopic (exact) mass is 373 g/mol. The summed E-state index contributed by atoms with van der Waals surface area (Å²) >= 11 is 6.00. The highest BCUT2D eigenvalue weighted by atomic mass is 35.5. The quantitative estimate of drug-likeness (QED) is 0.809. The van der Waals surface area contributed by atoms with Crippen LogP contribution in [0.2, 0.25) is 5.02 Å². The van der Waals surface area contributed by atoms with Crippen molar-refractivity contribution in [2.24, 2.45) is 10.8 Å².